The van der Waals surface area contributed by atoms with Gasteiger partial charge in [0.25, 0.3) is 0 Å². The van der Waals surface area contributed by atoms with Gasteiger partial charge < -0.3 is 9.80 Å². The molecule has 3 nitrogen and oxygen atoms in total. The topological polar surface area (TPSA) is 23.6 Å². The maximum absolute atomic E-state index is 12.1. The minimum absolute atomic E-state index is 0. The smallest absolute Gasteiger partial charge is 0.226 e. The van der Waals surface area contributed by atoms with Crippen molar-refractivity contribution in [2.24, 2.45) is 0 Å². The average molecular weight is 443 g/mol. The lowest BCUT2D eigenvalue weighted by atomic mass is 10.2. The minimum atomic E-state index is 0. The maximum atomic E-state index is 12.1. The molecule has 1 aromatic carbocycles. The van der Waals surface area contributed by atoms with E-state index in [1.54, 1.807) is 0 Å². The number of anilines is 1. The van der Waals surface area contributed by atoms with Gasteiger partial charge in [0.15, 0.2) is 0 Å². The second kappa shape index (κ2) is 10.6. The molecule has 21 heavy (non-hydrogen) atoms. The van der Waals surface area contributed by atoms with Crippen LogP contribution in [-0.2, 0) is 4.79 Å². The molecule has 0 N–H and O–H groups in total. The molecule has 1 rings (SSSR count). The first kappa shape index (κ1) is 20.9. The van der Waals surface area contributed by atoms with Crippen molar-refractivity contribution in [3.05, 3.63) is 27.1 Å². The molecule has 0 aliphatic heterocycles. The highest BCUT2D eigenvalue weighted by molar-refractivity contribution is 9.13. The Bertz CT molecular complexity index is 455. The van der Waals surface area contributed by atoms with Gasteiger partial charge in [-0.1, -0.05) is 6.92 Å². The number of carbonyl (C=O) groups excluding carboxylic acids is 1. The number of amides is 1. The van der Waals surface area contributed by atoms with Gasteiger partial charge in [0.2, 0.25) is 5.91 Å². The fourth-order valence-electron chi connectivity index (χ4n) is 1.94. The number of benzene rings is 1. The van der Waals surface area contributed by atoms with E-state index in [2.05, 4.69) is 50.9 Å². The zero-order valence-electron chi connectivity index (χ0n) is 12.7. The molecule has 0 radical (unpaired) electrons. The molecule has 0 spiro atoms. The molecule has 1 amide bonds. The molecule has 0 bridgehead atoms. The predicted molar refractivity (Wildman–Crippen MR) is 99.5 cm³/mol. The van der Waals surface area contributed by atoms with Crippen LogP contribution in [0.4, 0.5) is 5.69 Å². The summed E-state index contributed by atoms with van der Waals surface area (Å²) in [6.07, 6.45) is 2.64. The molecular formula is C15H23Br2ClN2O. The van der Waals surface area contributed by atoms with Crippen molar-refractivity contribution in [2.45, 2.75) is 26.2 Å². The minimum Gasteiger partial charge on any atom is -0.312 e. The summed E-state index contributed by atoms with van der Waals surface area (Å²) in [5, 5.41) is 0. The van der Waals surface area contributed by atoms with Gasteiger partial charge in [-0.3, -0.25) is 4.79 Å². The quantitative estimate of drug-likeness (QED) is 0.571. The van der Waals surface area contributed by atoms with Crippen LogP contribution in [-0.4, -0.2) is 38.0 Å². The van der Waals surface area contributed by atoms with Crippen LogP contribution in [0.1, 0.15) is 26.2 Å². The highest BCUT2D eigenvalue weighted by Crippen LogP contribution is 2.28. The number of nitrogens with zero attached hydrogens (tertiary/aromatic N) is 2. The Labute approximate surface area is 150 Å². The lowest BCUT2D eigenvalue weighted by molar-refractivity contribution is -0.118. The Morgan fingerprint density at radius 1 is 1.10 bits per heavy atom. The summed E-state index contributed by atoms with van der Waals surface area (Å²) in [5.41, 5.74) is 0.955. The van der Waals surface area contributed by atoms with Crippen molar-refractivity contribution in [1.29, 1.82) is 0 Å². The van der Waals surface area contributed by atoms with Crippen molar-refractivity contribution in [1.82, 2.24) is 4.90 Å². The molecule has 0 aromatic heterocycles. The van der Waals surface area contributed by atoms with Gasteiger partial charge in [-0.15, -0.1) is 12.4 Å². The Morgan fingerprint density at radius 3 is 2.24 bits per heavy atom. The number of unbranched alkanes of at least 4 members (excludes halogenated alkanes) is 1. The van der Waals surface area contributed by atoms with Crippen LogP contribution in [0, 0.1) is 0 Å². The van der Waals surface area contributed by atoms with Crippen LogP contribution in [0.25, 0.3) is 0 Å². The normalized spacial score (nSPS) is 10.4. The number of carbonyl (C=O) groups is 1. The summed E-state index contributed by atoms with van der Waals surface area (Å²) < 4.78 is 1.97. The summed E-state index contributed by atoms with van der Waals surface area (Å²) in [5.74, 6) is 0.170. The zero-order valence-corrected chi connectivity index (χ0v) is 16.7. The zero-order chi connectivity index (χ0) is 15.1. The number of hydrogen-bond acceptors (Lipinski definition) is 2. The Kier molecular flexibility index (Phi) is 10.5. The van der Waals surface area contributed by atoms with Crippen molar-refractivity contribution >= 4 is 55.9 Å². The second-order valence-corrected chi connectivity index (χ2v) is 6.72. The van der Waals surface area contributed by atoms with E-state index >= 15 is 0 Å². The Balaban J connectivity index is 0.00000400. The number of halogens is 3. The molecule has 0 aliphatic carbocycles. The van der Waals surface area contributed by atoms with E-state index in [9.17, 15) is 4.79 Å². The fraction of sp³-hybridized carbons (Fsp3) is 0.533. The van der Waals surface area contributed by atoms with Crippen LogP contribution in [0.2, 0.25) is 0 Å². The second-order valence-electron chi connectivity index (χ2n) is 5.01. The lowest BCUT2D eigenvalue weighted by Crippen LogP contribution is -2.31. The van der Waals surface area contributed by atoms with Crippen LogP contribution in [0.15, 0.2) is 27.1 Å². The molecule has 0 saturated heterocycles. The van der Waals surface area contributed by atoms with E-state index < -0.39 is 0 Å². The van der Waals surface area contributed by atoms with Gasteiger partial charge in [0, 0.05) is 27.6 Å². The van der Waals surface area contributed by atoms with E-state index in [0.717, 1.165) is 40.6 Å². The summed E-state index contributed by atoms with van der Waals surface area (Å²) in [6.45, 7) is 3.73. The molecule has 6 heteroatoms. The standard InChI is InChI=1S/C15H22Br2N2O.ClH/c1-4-15(20)19(10-6-5-9-18(2)3)12-7-8-13(16)14(17)11-12;/h7-8,11H,4-6,9-10H2,1-3H3;1H. The maximum Gasteiger partial charge on any atom is 0.226 e. The highest BCUT2D eigenvalue weighted by Gasteiger charge is 2.14. The van der Waals surface area contributed by atoms with Crippen LogP contribution < -0.4 is 4.90 Å². The predicted octanol–water partition coefficient (Wildman–Crippen LogP) is 4.72. The van der Waals surface area contributed by atoms with Crippen molar-refractivity contribution < 1.29 is 4.79 Å². The van der Waals surface area contributed by atoms with Crippen molar-refractivity contribution in [3.8, 4) is 0 Å². The highest BCUT2D eigenvalue weighted by atomic mass is 79.9. The molecule has 0 heterocycles. The largest absolute Gasteiger partial charge is 0.312 e. The first-order valence-corrected chi connectivity index (χ1v) is 8.44. The molecule has 0 unspecified atom stereocenters. The summed E-state index contributed by atoms with van der Waals surface area (Å²) in [4.78, 5) is 16.2. The van der Waals surface area contributed by atoms with E-state index in [4.69, 9.17) is 0 Å². The van der Waals surface area contributed by atoms with Crippen LogP contribution >= 0.6 is 44.3 Å². The molecule has 0 saturated carbocycles. The third-order valence-electron chi connectivity index (χ3n) is 3.06. The summed E-state index contributed by atoms with van der Waals surface area (Å²) in [7, 11) is 4.14. The molecule has 0 fully saturated rings. The first-order chi connectivity index (χ1) is 9.45. The lowest BCUT2D eigenvalue weighted by Gasteiger charge is -2.23. The van der Waals surface area contributed by atoms with Gasteiger partial charge >= 0.3 is 0 Å². The number of rotatable bonds is 7. The van der Waals surface area contributed by atoms with Crippen LogP contribution in [0.5, 0.6) is 0 Å². The molecule has 1 aromatic rings. The Morgan fingerprint density at radius 2 is 1.71 bits per heavy atom. The molecule has 0 atom stereocenters. The first-order valence-electron chi connectivity index (χ1n) is 6.85. The average Bonchev–Trinajstić information content (AvgIpc) is 2.41. The van der Waals surface area contributed by atoms with Gasteiger partial charge in [0.1, 0.15) is 0 Å². The molecular weight excluding hydrogens is 419 g/mol. The molecule has 120 valence electrons. The SMILES string of the molecule is CCC(=O)N(CCCCN(C)C)c1ccc(Br)c(Br)c1.Cl. The monoisotopic (exact) mass is 440 g/mol. The van der Waals surface area contributed by atoms with E-state index in [1.807, 2.05) is 30.0 Å². The van der Waals surface area contributed by atoms with Gasteiger partial charge in [0.05, 0.1) is 0 Å². The summed E-state index contributed by atoms with van der Waals surface area (Å²) in [6, 6.07) is 5.94. The van der Waals surface area contributed by atoms with Crippen molar-refractivity contribution in [2.75, 3.05) is 32.1 Å². The van der Waals surface area contributed by atoms with E-state index in [0.29, 0.717) is 6.42 Å². The van der Waals surface area contributed by atoms with E-state index in [-0.39, 0.29) is 18.3 Å². The third kappa shape index (κ3) is 7.13. The Hall–Kier alpha value is -0.100. The van der Waals surface area contributed by atoms with Gasteiger partial charge in [-0.25, -0.2) is 0 Å². The fourth-order valence-corrected chi connectivity index (χ4v) is 2.55. The summed E-state index contributed by atoms with van der Waals surface area (Å²) >= 11 is 6.95. The van der Waals surface area contributed by atoms with Crippen LogP contribution in [0.3, 0.4) is 0 Å². The van der Waals surface area contributed by atoms with Crippen molar-refractivity contribution in [3.63, 3.8) is 0 Å². The number of hydrogen-bond donors (Lipinski definition) is 0. The van der Waals surface area contributed by atoms with E-state index in [1.165, 1.54) is 0 Å². The third-order valence-corrected chi connectivity index (χ3v) is 4.94. The molecule has 0 aliphatic rings. The van der Waals surface area contributed by atoms with Gasteiger partial charge in [-0.2, -0.15) is 0 Å². The van der Waals surface area contributed by atoms with Gasteiger partial charge in [-0.05, 0) is 83.5 Å².